The Bertz CT molecular complexity index is 248. The molecule has 0 amide bonds. The SMILES string of the molecule is C=C(C)C(=O)OCCOOCCCC(=O)O. The van der Waals surface area contributed by atoms with Crippen molar-refractivity contribution in [2.24, 2.45) is 0 Å². The first-order chi connectivity index (χ1) is 7.54. The molecule has 92 valence electrons. The van der Waals surface area contributed by atoms with Gasteiger partial charge in [-0.2, -0.15) is 0 Å². The van der Waals surface area contributed by atoms with Crippen LogP contribution in [0.1, 0.15) is 19.8 Å². The van der Waals surface area contributed by atoms with Crippen LogP contribution in [0.25, 0.3) is 0 Å². The van der Waals surface area contributed by atoms with E-state index in [1.54, 1.807) is 6.92 Å². The van der Waals surface area contributed by atoms with Crippen molar-refractivity contribution >= 4 is 11.9 Å². The molecule has 0 bridgehead atoms. The Morgan fingerprint density at radius 2 is 1.81 bits per heavy atom. The fourth-order valence-electron chi connectivity index (χ4n) is 0.692. The van der Waals surface area contributed by atoms with Crippen molar-refractivity contribution in [1.82, 2.24) is 0 Å². The second kappa shape index (κ2) is 8.87. The minimum Gasteiger partial charge on any atom is -0.481 e. The van der Waals surface area contributed by atoms with Crippen LogP contribution in [0.5, 0.6) is 0 Å². The number of carboxylic acid groups (broad SMARTS) is 1. The Morgan fingerprint density at radius 1 is 1.19 bits per heavy atom. The molecule has 16 heavy (non-hydrogen) atoms. The number of carbonyl (C=O) groups is 2. The summed E-state index contributed by atoms with van der Waals surface area (Å²) in [6, 6.07) is 0. The van der Waals surface area contributed by atoms with Gasteiger partial charge in [-0.15, -0.1) is 0 Å². The summed E-state index contributed by atoms with van der Waals surface area (Å²) in [6.45, 7) is 5.33. The van der Waals surface area contributed by atoms with Crippen LogP contribution >= 0.6 is 0 Å². The van der Waals surface area contributed by atoms with E-state index < -0.39 is 11.9 Å². The van der Waals surface area contributed by atoms with E-state index in [2.05, 4.69) is 16.4 Å². The monoisotopic (exact) mass is 232 g/mol. The third-order valence-electron chi connectivity index (χ3n) is 1.45. The average Bonchev–Trinajstić information content (AvgIpc) is 2.21. The van der Waals surface area contributed by atoms with Crippen LogP contribution in [-0.4, -0.2) is 36.9 Å². The summed E-state index contributed by atoms with van der Waals surface area (Å²) in [5, 5.41) is 8.31. The maximum absolute atomic E-state index is 10.9. The van der Waals surface area contributed by atoms with Crippen LogP contribution in [0, 0.1) is 0 Å². The Morgan fingerprint density at radius 3 is 2.38 bits per heavy atom. The van der Waals surface area contributed by atoms with Crippen LogP contribution in [0.3, 0.4) is 0 Å². The van der Waals surface area contributed by atoms with E-state index in [0.29, 0.717) is 12.0 Å². The Kier molecular flexibility index (Phi) is 8.10. The van der Waals surface area contributed by atoms with Crippen LogP contribution in [-0.2, 0) is 24.1 Å². The number of hydrogen-bond donors (Lipinski definition) is 1. The van der Waals surface area contributed by atoms with Crippen LogP contribution in [0.2, 0.25) is 0 Å². The van der Waals surface area contributed by atoms with Gasteiger partial charge in [-0.1, -0.05) is 6.58 Å². The number of rotatable bonds is 9. The largest absolute Gasteiger partial charge is 0.481 e. The minimum atomic E-state index is -0.876. The van der Waals surface area contributed by atoms with Crippen molar-refractivity contribution in [3.05, 3.63) is 12.2 Å². The first kappa shape index (κ1) is 14.6. The van der Waals surface area contributed by atoms with Gasteiger partial charge in [0.05, 0.1) is 6.61 Å². The lowest BCUT2D eigenvalue weighted by Gasteiger charge is -2.04. The average molecular weight is 232 g/mol. The van der Waals surface area contributed by atoms with Gasteiger partial charge in [0.2, 0.25) is 0 Å². The van der Waals surface area contributed by atoms with E-state index >= 15 is 0 Å². The highest BCUT2D eigenvalue weighted by molar-refractivity contribution is 5.86. The standard InChI is InChI=1S/C10H16O6/c1-8(2)10(13)14-6-7-16-15-5-3-4-9(11)12/h1,3-7H2,2H3,(H,11,12). The smallest absolute Gasteiger partial charge is 0.333 e. The molecule has 0 fully saturated rings. The lowest BCUT2D eigenvalue weighted by atomic mass is 10.3. The number of carboxylic acids is 1. The number of esters is 1. The molecular weight excluding hydrogens is 216 g/mol. The number of carbonyl (C=O) groups excluding carboxylic acids is 1. The maximum Gasteiger partial charge on any atom is 0.333 e. The van der Waals surface area contributed by atoms with Crippen LogP contribution < -0.4 is 0 Å². The summed E-state index contributed by atoms with van der Waals surface area (Å²) in [7, 11) is 0. The number of ether oxygens (including phenoxy) is 1. The van der Waals surface area contributed by atoms with E-state index in [1.807, 2.05) is 0 Å². The first-order valence-electron chi connectivity index (χ1n) is 4.83. The van der Waals surface area contributed by atoms with Gasteiger partial charge >= 0.3 is 11.9 Å². The molecule has 0 radical (unpaired) electrons. The molecule has 0 aliphatic carbocycles. The molecule has 0 heterocycles. The zero-order valence-electron chi connectivity index (χ0n) is 9.23. The summed E-state index contributed by atoms with van der Waals surface area (Å²) in [4.78, 5) is 30.3. The molecular formula is C10H16O6. The van der Waals surface area contributed by atoms with Gasteiger partial charge in [0.15, 0.2) is 0 Å². The quantitative estimate of drug-likeness (QED) is 0.209. The molecule has 0 atom stereocenters. The normalized spacial score (nSPS) is 9.81. The zero-order chi connectivity index (χ0) is 12.4. The van der Waals surface area contributed by atoms with Crippen LogP contribution in [0.15, 0.2) is 12.2 Å². The number of aliphatic carboxylic acids is 1. The molecule has 6 nitrogen and oxygen atoms in total. The second-order valence-corrected chi connectivity index (χ2v) is 3.06. The molecule has 0 aromatic rings. The van der Waals surface area contributed by atoms with Crippen molar-refractivity contribution in [3.63, 3.8) is 0 Å². The molecule has 0 spiro atoms. The molecule has 6 heteroatoms. The van der Waals surface area contributed by atoms with Crippen molar-refractivity contribution in [2.45, 2.75) is 19.8 Å². The summed E-state index contributed by atoms with van der Waals surface area (Å²) >= 11 is 0. The summed E-state index contributed by atoms with van der Waals surface area (Å²) in [5.74, 6) is -1.35. The molecule has 0 rings (SSSR count). The van der Waals surface area contributed by atoms with Crippen molar-refractivity contribution in [2.75, 3.05) is 19.8 Å². The fourth-order valence-corrected chi connectivity index (χ4v) is 0.692. The predicted molar refractivity (Wildman–Crippen MR) is 54.5 cm³/mol. The van der Waals surface area contributed by atoms with Gasteiger partial charge in [0, 0.05) is 12.0 Å². The van der Waals surface area contributed by atoms with Gasteiger partial charge in [-0.25, -0.2) is 14.6 Å². The van der Waals surface area contributed by atoms with Crippen LogP contribution in [0.4, 0.5) is 0 Å². The molecule has 0 saturated carbocycles. The molecule has 1 N–H and O–H groups in total. The lowest BCUT2D eigenvalue weighted by Crippen LogP contribution is -2.11. The first-order valence-corrected chi connectivity index (χ1v) is 4.83. The van der Waals surface area contributed by atoms with E-state index in [-0.39, 0.29) is 26.2 Å². The molecule has 0 unspecified atom stereocenters. The lowest BCUT2D eigenvalue weighted by molar-refractivity contribution is -0.298. The Hall–Kier alpha value is -1.40. The highest BCUT2D eigenvalue weighted by Crippen LogP contribution is 1.93. The highest BCUT2D eigenvalue weighted by Gasteiger charge is 2.02. The van der Waals surface area contributed by atoms with E-state index in [9.17, 15) is 9.59 Å². The second-order valence-electron chi connectivity index (χ2n) is 3.06. The molecule has 0 aliphatic heterocycles. The van der Waals surface area contributed by atoms with Crippen molar-refractivity contribution in [1.29, 1.82) is 0 Å². The van der Waals surface area contributed by atoms with Gasteiger partial charge in [-0.05, 0) is 13.3 Å². The molecule has 0 saturated heterocycles. The van der Waals surface area contributed by atoms with Gasteiger partial charge in [0.25, 0.3) is 0 Å². The zero-order valence-corrected chi connectivity index (χ0v) is 9.23. The molecule has 0 aromatic heterocycles. The van der Waals surface area contributed by atoms with E-state index in [1.165, 1.54) is 0 Å². The summed E-state index contributed by atoms with van der Waals surface area (Å²) < 4.78 is 4.71. The van der Waals surface area contributed by atoms with Crippen molar-refractivity contribution in [3.8, 4) is 0 Å². The third kappa shape index (κ3) is 9.17. The van der Waals surface area contributed by atoms with Gasteiger partial charge in [-0.3, -0.25) is 4.79 Å². The minimum absolute atomic E-state index is 0.0357. The fraction of sp³-hybridized carbons (Fsp3) is 0.600. The van der Waals surface area contributed by atoms with E-state index in [0.717, 1.165) is 0 Å². The van der Waals surface area contributed by atoms with Gasteiger partial charge in [0.1, 0.15) is 13.2 Å². The van der Waals surface area contributed by atoms with Crippen molar-refractivity contribution < 1.29 is 29.2 Å². The van der Waals surface area contributed by atoms with Gasteiger partial charge < -0.3 is 9.84 Å². The summed E-state index contributed by atoms with van der Waals surface area (Å²) in [5.41, 5.74) is 0.322. The maximum atomic E-state index is 10.9. The van der Waals surface area contributed by atoms with E-state index in [4.69, 9.17) is 9.84 Å². The summed E-state index contributed by atoms with van der Waals surface area (Å²) in [6.07, 6.45) is 0.412. The predicted octanol–water partition coefficient (Wildman–Crippen LogP) is 0.919. The topological polar surface area (TPSA) is 82.1 Å². The number of hydrogen-bond acceptors (Lipinski definition) is 5. The Labute approximate surface area is 93.7 Å². The Balaban J connectivity index is 3.19. The third-order valence-corrected chi connectivity index (χ3v) is 1.45. The molecule has 0 aromatic carbocycles. The molecule has 0 aliphatic rings. The highest BCUT2D eigenvalue weighted by atomic mass is 17.2.